The third-order valence-corrected chi connectivity index (χ3v) is 6.15. The standard InChI is InChI=1S/C25H35N5/c1-25(2,17-28(3)4)18-30-21-13-7-6-12-20(21)27-23(30)16-29(5)22-14-8-10-19-11-9-15-26-24(19)22/h6-7,9,11-13,15,22H,8,10,14,16-18H2,1-5H3. The number of aryl methyl sites for hydroxylation is 1. The second-order valence-electron chi connectivity index (χ2n) is 9.88. The molecule has 160 valence electrons. The van der Waals surface area contributed by atoms with E-state index in [2.05, 4.69) is 85.8 Å². The summed E-state index contributed by atoms with van der Waals surface area (Å²) in [6.07, 6.45) is 5.46. The minimum Gasteiger partial charge on any atom is -0.326 e. The highest BCUT2D eigenvalue weighted by Gasteiger charge is 2.27. The first-order chi connectivity index (χ1) is 14.3. The van der Waals surface area contributed by atoms with Gasteiger partial charge in [-0.15, -0.1) is 0 Å². The molecule has 0 bridgehead atoms. The Morgan fingerprint density at radius 2 is 1.90 bits per heavy atom. The van der Waals surface area contributed by atoms with Crippen molar-refractivity contribution in [3.05, 3.63) is 59.7 Å². The van der Waals surface area contributed by atoms with Gasteiger partial charge in [-0.05, 0) is 69.6 Å². The van der Waals surface area contributed by atoms with E-state index in [0.717, 1.165) is 43.8 Å². The van der Waals surface area contributed by atoms with Crippen LogP contribution < -0.4 is 0 Å². The topological polar surface area (TPSA) is 37.2 Å². The molecule has 4 rings (SSSR count). The monoisotopic (exact) mass is 405 g/mol. The Hall–Kier alpha value is -2.24. The molecule has 0 spiro atoms. The summed E-state index contributed by atoms with van der Waals surface area (Å²) < 4.78 is 2.44. The summed E-state index contributed by atoms with van der Waals surface area (Å²) in [6, 6.07) is 13.2. The number of nitrogens with zero attached hydrogens (tertiary/aromatic N) is 5. The average molecular weight is 406 g/mol. The number of aromatic nitrogens is 3. The number of hydrogen-bond donors (Lipinski definition) is 0. The fraction of sp³-hybridized carbons (Fsp3) is 0.520. The molecule has 5 heteroatoms. The predicted molar refractivity (Wildman–Crippen MR) is 123 cm³/mol. The van der Waals surface area contributed by atoms with Crippen LogP contribution in [0, 0.1) is 5.41 Å². The molecular formula is C25H35N5. The van der Waals surface area contributed by atoms with E-state index in [1.165, 1.54) is 23.2 Å². The maximum atomic E-state index is 5.05. The number of benzene rings is 1. The van der Waals surface area contributed by atoms with Crippen LogP contribution >= 0.6 is 0 Å². The van der Waals surface area contributed by atoms with Gasteiger partial charge in [0.15, 0.2) is 0 Å². The third kappa shape index (κ3) is 4.42. The molecule has 3 aromatic rings. The summed E-state index contributed by atoms with van der Waals surface area (Å²) >= 11 is 0. The normalized spacial score (nSPS) is 17.1. The Bertz CT molecular complexity index is 1000. The molecule has 0 saturated heterocycles. The smallest absolute Gasteiger partial charge is 0.124 e. The Morgan fingerprint density at radius 1 is 1.10 bits per heavy atom. The summed E-state index contributed by atoms with van der Waals surface area (Å²) in [5.74, 6) is 1.15. The number of para-hydroxylation sites is 2. The van der Waals surface area contributed by atoms with Gasteiger partial charge < -0.3 is 9.47 Å². The van der Waals surface area contributed by atoms with Gasteiger partial charge in [-0.25, -0.2) is 4.98 Å². The summed E-state index contributed by atoms with van der Waals surface area (Å²) in [7, 11) is 6.52. The predicted octanol–water partition coefficient (Wildman–Crippen LogP) is 4.53. The molecule has 5 nitrogen and oxygen atoms in total. The van der Waals surface area contributed by atoms with Gasteiger partial charge in [0.1, 0.15) is 5.82 Å². The Labute approximate surface area is 180 Å². The number of pyridine rings is 1. The molecule has 1 unspecified atom stereocenters. The van der Waals surface area contributed by atoms with E-state index in [4.69, 9.17) is 9.97 Å². The van der Waals surface area contributed by atoms with Gasteiger partial charge in [0, 0.05) is 19.3 Å². The molecule has 0 radical (unpaired) electrons. The molecule has 0 aliphatic heterocycles. The van der Waals surface area contributed by atoms with Crippen molar-refractivity contribution in [3.8, 4) is 0 Å². The highest BCUT2D eigenvalue weighted by Crippen LogP contribution is 2.33. The Balaban J connectivity index is 1.64. The van der Waals surface area contributed by atoms with Crippen LogP contribution in [0.25, 0.3) is 11.0 Å². The van der Waals surface area contributed by atoms with Gasteiger partial charge in [0.05, 0.1) is 29.3 Å². The first kappa shape index (κ1) is 21.0. The van der Waals surface area contributed by atoms with Crippen molar-refractivity contribution >= 4 is 11.0 Å². The molecule has 0 saturated carbocycles. The van der Waals surface area contributed by atoms with Crippen LogP contribution in [0.5, 0.6) is 0 Å². The zero-order valence-electron chi connectivity index (χ0n) is 19.1. The molecule has 2 heterocycles. The second kappa shape index (κ2) is 8.48. The highest BCUT2D eigenvalue weighted by molar-refractivity contribution is 5.75. The molecule has 1 aliphatic rings. The van der Waals surface area contributed by atoms with E-state index in [1.54, 1.807) is 0 Å². The SMILES string of the molecule is CN(C)CC(C)(C)Cn1c(CN(C)C2CCCc3cccnc32)nc2ccccc21. The second-order valence-corrected chi connectivity index (χ2v) is 9.88. The minimum absolute atomic E-state index is 0.152. The van der Waals surface area contributed by atoms with Crippen molar-refractivity contribution in [2.45, 2.75) is 52.2 Å². The molecule has 0 amide bonds. The third-order valence-electron chi connectivity index (χ3n) is 6.15. The average Bonchev–Trinajstić information content (AvgIpc) is 3.03. The summed E-state index contributed by atoms with van der Waals surface area (Å²) in [4.78, 5) is 14.5. The van der Waals surface area contributed by atoms with Crippen molar-refractivity contribution in [1.82, 2.24) is 24.3 Å². The Morgan fingerprint density at radius 3 is 2.70 bits per heavy atom. The van der Waals surface area contributed by atoms with Crippen molar-refractivity contribution in [1.29, 1.82) is 0 Å². The summed E-state index contributed by atoms with van der Waals surface area (Å²) in [5, 5.41) is 0. The molecule has 1 aliphatic carbocycles. The van der Waals surface area contributed by atoms with E-state index < -0.39 is 0 Å². The van der Waals surface area contributed by atoms with E-state index in [9.17, 15) is 0 Å². The number of rotatable bonds is 7. The van der Waals surface area contributed by atoms with Gasteiger partial charge in [-0.3, -0.25) is 9.88 Å². The molecule has 0 N–H and O–H groups in total. The largest absolute Gasteiger partial charge is 0.326 e. The lowest BCUT2D eigenvalue weighted by Gasteiger charge is -2.33. The fourth-order valence-electron chi connectivity index (χ4n) is 5.10. The van der Waals surface area contributed by atoms with Crippen LogP contribution in [0.2, 0.25) is 0 Å². The lowest BCUT2D eigenvalue weighted by Crippen LogP contribution is -2.34. The van der Waals surface area contributed by atoms with Gasteiger partial charge >= 0.3 is 0 Å². The molecule has 30 heavy (non-hydrogen) atoms. The first-order valence-electron chi connectivity index (χ1n) is 11.1. The zero-order valence-corrected chi connectivity index (χ0v) is 19.1. The van der Waals surface area contributed by atoms with Crippen molar-refractivity contribution in [3.63, 3.8) is 0 Å². The van der Waals surface area contributed by atoms with Gasteiger partial charge in [0.25, 0.3) is 0 Å². The van der Waals surface area contributed by atoms with E-state index >= 15 is 0 Å². The maximum Gasteiger partial charge on any atom is 0.124 e. The van der Waals surface area contributed by atoms with Crippen molar-refractivity contribution in [2.75, 3.05) is 27.7 Å². The van der Waals surface area contributed by atoms with Crippen LogP contribution in [0.3, 0.4) is 0 Å². The van der Waals surface area contributed by atoms with Gasteiger partial charge in [-0.2, -0.15) is 0 Å². The lowest BCUT2D eigenvalue weighted by molar-refractivity contribution is 0.188. The minimum atomic E-state index is 0.152. The zero-order chi connectivity index (χ0) is 21.3. The number of fused-ring (bicyclic) bond motifs is 2. The Kier molecular flexibility index (Phi) is 5.94. The van der Waals surface area contributed by atoms with Crippen LogP contribution in [0.4, 0.5) is 0 Å². The number of hydrogen-bond acceptors (Lipinski definition) is 4. The molecule has 0 fully saturated rings. The first-order valence-corrected chi connectivity index (χ1v) is 11.1. The van der Waals surface area contributed by atoms with E-state index in [1.807, 2.05) is 6.20 Å². The van der Waals surface area contributed by atoms with E-state index in [0.29, 0.717) is 6.04 Å². The fourth-order valence-corrected chi connectivity index (χ4v) is 5.10. The molecule has 1 atom stereocenters. The lowest BCUT2D eigenvalue weighted by atomic mass is 9.91. The molecule has 2 aromatic heterocycles. The van der Waals surface area contributed by atoms with Gasteiger partial charge in [0.2, 0.25) is 0 Å². The van der Waals surface area contributed by atoms with Crippen molar-refractivity contribution < 1.29 is 0 Å². The van der Waals surface area contributed by atoms with Crippen LogP contribution in [0.15, 0.2) is 42.6 Å². The van der Waals surface area contributed by atoms with Crippen LogP contribution in [-0.4, -0.2) is 52.0 Å². The molecular weight excluding hydrogens is 370 g/mol. The maximum absolute atomic E-state index is 5.05. The summed E-state index contributed by atoms with van der Waals surface area (Å²) in [6.45, 7) is 7.50. The van der Waals surface area contributed by atoms with Gasteiger partial charge in [-0.1, -0.05) is 32.0 Å². The summed E-state index contributed by atoms with van der Waals surface area (Å²) in [5.41, 5.74) is 5.13. The van der Waals surface area contributed by atoms with Crippen LogP contribution in [-0.2, 0) is 19.5 Å². The highest BCUT2D eigenvalue weighted by atomic mass is 15.2. The van der Waals surface area contributed by atoms with Crippen molar-refractivity contribution in [2.24, 2.45) is 5.41 Å². The van der Waals surface area contributed by atoms with E-state index in [-0.39, 0.29) is 5.41 Å². The quantitative estimate of drug-likeness (QED) is 0.579. The molecule has 1 aromatic carbocycles. The number of imidazole rings is 1. The van der Waals surface area contributed by atoms with Crippen LogP contribution in [0.1, 0.15) is 49.8 Å².